The van der Waals surface area contributed by atoms with Crippen molar-refractivity contribution in [1.82, 2.24) is 15.0 Å². The molecule has 0 saturated carbocycles. The minimum absolute atomic E-state index is 0.639. The van der Waals surface area contributed by atoms with E-state index in [1.807, 2.05) is 6.07 Å². The summed E-state index contributed by atoms with van der Waals surface area (Å²) in [5, 5.41) is 9.83. The number of nitrogens with zero attached hydrogens (tertiary/aromatic N) is 3. The van der Waals surface area contributed by atoms with Crippen molar-refractivity contribution in [3.05, 3.63) is 188 Å². The third-order valence-corrected chi connectivity index (χ3v) is 10.1. The molecule has 0 spiro atoms. The lowest BCUT2D eigenvalue weighted by Crippen LogP contribution is -2.00. The average molecular weight is 662 g/mol. The van der Waals surface area contributed by atoms with Gasteiger partial charge in [-0.05, 0) is 77.5 Å². The summed E-state index contributed by atoms with van der Waals surface area (Å²) >= 11 is 0. The van der Waals surface area contributed by atoms with Gasteiger partial charge in [0.15, 0.2) is 17.5 Å². The predicted octanol–water partition coefficient (Wildman–Crippen LogP) is 12.8. The van der Waals surface area contributed by atoms with E-state index in [0.29, 0.717) is 17.5 Å². The topological polar surface area (TPSA) is 38.7 Å². The zero-order valence-corrected chi connectivity index (χ0v) is 28.2. The monoisotopic (exact) mass is 661 g/mol. The van der Waals surface area contributed by atoms with E-state index < -0.39 is 0 Å². The Labute approximate surface area is 301 Å². The van der Waals surface area contributed by atoms with Gasteiger partial charge in [0.1, 0.15) is 0 Å². The van der Waals surface area contributed by atoms with Gasteiger partial charge < -0.3 is 0 Å². The summed E-state index contributed by atoms with van der Waals surface area (Å²) in [7, 11) is 0. The standard InChI is InChI=1S/C49H31N3/c1-2-10-32(11-3-1)37-15-8-16-39(30-37)48-50-47(36-22-20-35(21-23-36)42-19-9-14-33-12-4-6-17-41(33)42)51-49(52-48)40-26-27-44-38(31-40)25-29-45-43-18-7-5-13-34(43)24-28-46(44)45/h1-31H. The van der Waals surface area contributed by atoms with Crippen LogP contribution in [0.4, 0.5) is 0 Å². The summed E-state index contributed by atoms with van der Waals surface area (Å²) in [5.74, 6) is 1.92. The van der Waals surface area contributed by atoms with Crippen LogP contribution in [-0.4, -0.2) is 15.0 Å². The maximum atomic E-state index is 5.12. The van der Waals surface area contributed by atoms with E-state index >= 15 is 0 Å². The zero-order chi connectivity index (χ0) is 34.4. The molecule has 10 aromatic rings. The number of hydrogen-bond donors (Lipinski definition) is 0. The van der Waals surface area contributed by atoms with Crippen LogP contribution < -0.4 is 0 Å². The highest BCUT2D eigenvalue weighted by Crippen LogP contribution is 2.35. The first-order valence-corrected chi connectivity index (χ1v) is 17.6. The highest BCUT2D eigenvalue weighted by Gasteiger charge is 2.15. The van der Waals surface area contributed by atoms with Gasteiger partial charge in [-0.2, -0.15) is 0 Å². The Balaban J connectivity index is 1.11. The molecule has 0 N–H and O–H groups in total. The molecule has 0 radical (unpaired) electrons. The average Bonchev–Trinajstić information content (AvgIpc) is 3.23. The van der Waals surface area contributed by atoms with Gasteiger partial charge in [0.2, 0.25) is 0 Å². The van der Waals surface area contributed by atoms with E-state index in [4.69, 9.17) is 15.0 Å². The second-order valence-electron chi connectivity index (χ2n) is 13.2. The number of rotatable bonds is 5. The molecule has 0 aliphatic heterocycles. The number of aromatic nitrogens is 3. The third-order valence-electron chi connectivity index (χ3n) is 10.1. The van der Waals surface area contributed by atoms with Crippen molar-refractivity contribution in [2.45, 2.75) is 0 Å². The molecule has 0 aliphatic rings. The van der Waals surface area contributed by atoms with Crippen molar-refractivity contribution < 1.29 is 0 Å². The normalized spacial score (nSPS) is 11.5. The minimum atomic E-state index is 0.639. The molecule has 0 fully saturated rings. The van der Waals surface area contributed by atoms with Crippen molar-refractivity contribution in [2.24, 2.45) is 0 Å². The third kappa shape index (κ3) is 5.28. The van der Waals surface area contributed by atoms with Gasteiger partial charge in [-0.15, -0.1) is 0 Å². The molecule has 242 valence electrons. The molecule has 0 saturated heterocycles. The van der Waals surface area contributed by atoms with Crippen LogP contribution >= 0.6 is 0 Å². The smallest absolute Gasteiger partial charge is 0.164 e. The first-order valence-electron chi connectivity index (χ1n) is 17.6. The lowest BCUT2D eigenvalue weighted by atomic mass is 9.96. The maximum Gasteiger partial charge on any atom is 0.164 e. The molecule has 0 bridgehead atoms. The Morgan fingerprint density at radius 2 is 0.712 bits per heavy atom. The molecule has 0 atom stereocenters. The molecule has 10 rings (SSSR count). The van der Waals surface area contributed by atoms with E-state index in [0.717, 1.165) is 38.8 Å². The molecule has 52 heavy (non-hydrogen) atoms. The van der Waals surface area contributed by atoms with Crippen LogP contribution in [0.25, 0.3) is 99.5 Å². The molecule has 0 amide bonds. The van der Waals surface area contributed by atoms with Gasteiger partial charge in [-0.3, -0.25) is 0 Å². The van der Waals surface area contributed by atoms with Gasteiger partial charge in [0, 0.05) is 16.7 Å². The Hall–Kier alpha value is -6.97. The quantitative estimate of drug-likeness (QED) is 0.172. The van der Waals surface area contributed by atoms with E-state index in [2.05, 4.69) is 182 Å². The van der Waals surface area contributed by atoms with Crippen molar-refractivity contribution in [3.8, 4) is 56.4 Å². The van der Waals surface area contributed by atoms with Crippen molar-refractivity contribution in [1.29, 1.82) is 0 Å². The predicted molar refractivity (Wildman–Crippen MR) is 217 cm³/mol. The molecule has 1 heterocycles. The van der Waals surface area contributed by atoms with Gasteiger partial charge in [-0.25, -0.2) is 15.0 Å². The first kappa shape index (κ1) is 29.9. The molecule has 3 nitrogen and oxygen atoms in total. The fourth-order valence-corrected chi connectivity index (χ4v) is 7.48. The molecular formula is C49H31N3. The molecule has 0 unspecified atom stereocenters. The zero-order valence-electron chi connectivity index (χ0n) is 28.2. The van der Waals surface area contributed by atoms with Gasteiger partial charge in [-0.1, -0.05) is 176 Å². The summed E-state index contributed by atoms with van der Waals surface area (Å²) in [6, 6.07) is 66.5. The van der Waals surface area contributed by atoms with Crippen molar-refractivity contribution in [2.75, 3.05) is 0 Å². The molecule has 9 aromatic carbocycles. The van der Waals surface area contributed by atoms with Crippen LogP contribution in [0.5, 0.6) is 0 Å². The van der Waals surface area contributed by atoms with E-state index in [1.54, 1.807) is 0 Å². The van der Waals surface area contributed by atoms with Crippen molar-refractivity contribution in [3.63, 3.8) is 0 Å². The summed E-state index contributed by atoms with van der Waals surface area (Å²) in [5.41, 5.74) is 7.45. The molecular weight excluding hydrogens is 631 g/mol. The maximum absolute atomic E-state index is 5.12. The lowest BCUT2D eigenvalue weighted by Gasteiger charge is -2.12. The van der Waals surface area contributed by atoms with Crippen LogP contribution in [0.15, 0.2) is 188 Å². The van der Waals surface area contributed by atoms with E-state index in [-0.39, 0.29) is 0 Å². The van der Waals surface area contributed by atoms with Crippen LogP contribution in [0.1, 0.15) is 0 Å². The Morgan fingerprint density at radius 3 is 1.48 bits per heavy atom. The van der Waals surface area contributed by atoms with Crippen LogP contribution in [0.3, 0.4) is 0 Å². The van der Waals surface area contributed by atoms with Gasteiger partial charge >= 0.3 is 0 Å². The van der Waals surface area contributed by atoms with Crippen LogP contribution in [0, 0.1) is 0 Å². The fourth-order valence-electron chi connectivity index (χ4n) is 7.48. The summed E-state index contributed by atoms with van der Waals surface area (Å²) in [4.78, 5) is 15.3. The van der Waals surface area contributed by atoms with Crippen molar-refractivity contribution >= 4 is 43.1 Å². The Kier molecular flexibility index (Phi) is 7.14. The minimum Gasteiger partial charge on any atom is -0.208 e. The van der Waals surface area contributed by atoms with Crippen LogP contribution in [-0.2, 0) is 0 Å². The summed E-state index contributed by atoms with van der Waals surface area (Å²) in [6.07, 6.45) is 0. The molecule has 1 aromatic heterocycles. The lowest BCUT2D eigenvalue weighted by molar-refractivity contribution is 1.07. The largest absolute Gasteiger partial charge is 0.208 e. The summed E-state index contributed by atoms with van der Waals surface area (Å²) < 4.78 is 0. The van der Waals surface area contributed by atoms with E-state index in [1.165, 1.54) is 43.3 Å². The number of hydrogen-bond acceptors (Lipinski definition) is 3. The Bertz CT molecular complexity index is 2940. The SMILES string of the molecule is c1ccc(-c2cccc(-c3nc(-c4ccc(-c5cccc6ccccc56)cc4)nc(-c4ccc5c(ccc6c7ccccc7ccc56)c4)n3)c2)cc1. The number of fused-ring (bicyclic) bond motifs is 6. The second kappa shape index (κ2) is 12.4. The highest BCUT2D eigenvalue weighted by atomic mass is 15.0. The second-order valence-corrected chi connectivity index (χ2v) is 13.2. The van der Waals surface area contributed by atoms with E-state index in [9.17, 15) is 0 Å². The van der Waals surface area contributed by atoms with Crippen LogP contribution in [0.2, 0.25) is 0 Å². The number of benzene rings is 9. The summed E-state index contributed by atoms with van der Waals surface area (Å²) in [6.45, 7) is 0. The van der Waals surface area contributed by atoms with Gasteiger partial charge in [0.25, 0.3) is 0 Å². The Morgan fingerprint density at radius 1 is 0.231 bits per heavy atom. The fraction of sp³-hybridized carbons (Fsp3) is 0. The van der Waals surface area contributed by atoms with Gasteiger partial charge in [0.05, 0.1) is 0 Å². The molecule has 0 aliphatic carbocycles. The first-order chi connectivity index (χ1) is 25.7. The molecule has 3 heteroatoms. The highest BCUT2D eigenvalue weighted by molar-refractivity contribution is 6.17.